The summed E-state index contributed by atoms with van der Waals surface area (Å²) in [5, 5.41) is 6.50. The van der Waals surface area contributed by atoms with E-state index < -0.39 is 0 Å². The van der Waals surface area contributed by atoms with Gasteiger partial charge >= 0.3 is 0 Å². The Labute approximate surface area is 124 Å². The summed E-state index contributed by atoms with van der Waals surface area (Å²) in [6.45, 7) is 1.99. The number of rotatable bonds is 6. The van der Waals surface area contributed by atoms with Crippen molar-refractivity contribution in [2.45, 2.75) is 6.54 Å². The molecule has 0 saturated carbocycles. The highest BCUT2D eigenvalue weighted by Gasteiger charge is 2.18. The van der Waals surface area contributed by atoms with Gasteiger partial charge in [-0.1, -0.05) is 30.3 Å². The summed E-state index contributed by atoms with van der Waals surface area (Å²) in [5.74, 6) is 0.232. The van der Waals surface area contributed by atoms with E-state index in [-0.39, 0.29) is 5.91 Å². The van der Waals surface area contributed by atoms with Gasteiger partial charge in [0.2, 0.25) is 0 Å². The average Bonchev–Trinajstić information content (AvgIpc) is 2.90. The molecule has 0 saturated heterocycles. The molecular formula is C15H21N5O. The van der Waals surface area contributed by atoms with Crippen LogP contribution in [-0.4, -0.2) is 53.1 Å². The zero-order chi connectivity index (χ0) is 15.2. The minimum absolute atomic E-state index is 0.0927. The normalized spacial score (nSPS) is 10.8. The van der Waals surface area contributed by atoms with Crippen molar-refractivity contribution in [2.75, 3.05) is 32.9 Å². The van der Waals surface area contributed by atoms with E-state index >= 15 is 0 Å². The van der Waals surface area contributed by atoms with E-state index in [0.29, 0.717) is 24.6 Å². The number of nitrogens with one attached hydrogen (secondary N) is 1. The number of likely N-dealkylation sites (N-methyl/N-ethyl adjacent to an activating group) is 1. The highest BCUT2D eigenvalue weighted by molar-refractivity contribution is 5.92. The van der Waals surface area contributed by atoms with Crippen molar-refractivity contribution >= 4 is 11.7 Å². The number of benzene rings is 1. The van der Waals surface area contributed by atoms with Crippen LogP contribution in [0.2, 0.25) is 0 Å². The second-order valence-corrected chi connectivity index (χ2v) is 5.22. The van der Waals surface area contributed by atoms with Crippen molar-refractivity contribution in [1.82, 2.24) is 20.0 Å². The molecule has 6 heteroatoms. The van der Waals surface area contributed by atoms with Gasteiger partial charge in [0.25, 0.3) is 5.91 Å². The summed E-state index contributed by atoms with van der Waals surface area (Å²) in [4.78, 5) is 16.4. The second-order valence-electron chi connectivity index (χ2n) is 5.22. The number of nitrogen functional groups attached to an aromatic ring is 1. The molecule has 0 aliphatic rings. The summed E-state index contributed by atoms with van der Waals surface area (Å²) in [6.07, 6.45) is 0. The van der Waals surface area contributed by atoms with Crippen molar-refractivity contribution in [2.24, 2.45) is 0 Å². The maximum absolute atomic E-state index is 12.6. The molecule has 0 atom stereocenters. The van der Waals surface area contributed by atoms with Crippen LogP contribution in [0.25, 0.3) is 0 Å². The summed E-state index contributed by atoms with van der Waals surface area (Å²) in [7, 11) is 3.97. The van der Waals surface area contributed by atoms with Crippen LogP contribution in [0.4, 0.5) is 5.82 Å². The fraction of sp³-hybridized carbons (Fsp3) is 0.333. The highest BCUT2D eigenvalue weighted by Crippen LogP contribution is 2.10. The first kappa shape index (κ1) is 15.1. The molecule has 0 radical (unpaired) electrons. The Morgan fingerprint density at radius 2 is 1.95 bits per heavy atom. The molecule has 1 heterocycles. The minimum Gasteiger partial charge on any atom is -0.382 e. The number of carbonyl (C=O) groups excluding carboxylic acids is 1. The Morgan fingerprint density at radius 3 is 2.52 bits per heavy atom. The number of amides is 1. The van der Waals surface area contributed by atoms with Gasteiger partial charge in [-0.3, -0.25) is 9.89 Å². The lowest BCUT2D eigenvalue weighted by Crippen LogP contribution is -2.36. The number of aromatic nitrogens is 2. The Balaban J connectivity index is 2.13. The molecule has 3 N–H and O–H groups in total. The Hall–Kier alpha value is -2.34. The molecule has 1 aromatic heterocycles. The van der Waals surface area contributed by atoms with Crippen molar-refractivity contribution in [3.63, 3.8) is 0 Å². The number of H-pyrrole nitrogens is 1. The van der Waals surface area contributed by atoms with E-state index in [0.717, 1.165) is 12.1 Å². The maximum atomic E-state index is 12.6. The summed E-state index contributed by atoms with van der Waals surface area (Å²) < 4.78 is 0. The first-order valence-corrected chi connectivity index (χ1v) is 6.85. The lowest BCUT2D eigenvalue weighted by Gasteiger charge is -2.24. The van der Waals surface area contributed by atoms with Gasteiger partial charge in [0.1, 0.15) is 11.5 Å². The van der Waals surface area contributed by atoms with Gasteiger partial charge in [-0.15, -0.1) is 0 Å². The largest absolute Gasteiger partial charge is 0.382 e. The zero-order valence-corrected chi connectivity index (χ0v) is 12.4. The number of nitrogens with zero attached hydrogens (tertiary/aromatic N) is 3. The van der Waals surface area contributed by atoms with Crippen LogP contribution in [0.3, 0.4) is 0 Å². The van der Waals surface area contributed by atoms with Crippen molar-refractivity contribution in [3.8, 4) is 0 Å². The van der Waals surface area contributed by atoms with E-state index in [9.17, 15) is 4.79 Å². The van der Waals surface area contributed by atoms with Crippen LogP contribution in [0.1, 0.15) is 16.1 Å². The van der Waals surface area contributed by atoms with Gasteiger partial charge in [-0.05, 0) is 19.7 Å². The molecule has 0 bridgehead atoms. The predicted molar refractivity (Wildman–Crippen MR) is 82.7 cm³/mol. The van der Waals surface area contributed by atoms with E-state index in [1.54, 1.807) is 11.0 Å². The van der Waals surface area contributed by atoms with Crippen molar-refractivity contribution in [3.05, 3.63) is 47.7 Å². The van der Waals surface area contributed by atoms with Crippen LogP contribution in [-0.2, 0) is 6.54 Å². The fourth-order valence-electron chi connectivity index (χ4n) is 1.99. The molecule has 6 nitrogen and oxygen atoms in total. The SMILES string of the molecule is CN(C)CCN(Cc1ccccc1)C(=O)c1cc(N)n[nH]1. The summed E-state index contributed by atoms with van der Waals surface area (Å²) in [5.41, 5.74) is 7.08. The number of anilines is 1. The topological polar surface area (TPSA) is 78.2 Å². The standard InChI is InChI=1S/C15H21N5O/c1-19(2)8-9-20(11-12-6-4-3-5-7-12)15(21)13-10-14(16)18-17-13/h3-7,10H,8-9,11H2,1-2H3,(H3,16,17,18). The van der Waals surface area contributed by atoms with Gasteiger partial charge < -0.3 is 15.5 Å². The number of nitrogens with two attached hydrogens (primary N) is 1. The molecule has 112 valence electrons. The molecule has 1 amide bonds. The molecule has 1 aromatic carbocycles. The highest BCUT2D eigenvalue weighted by atomic mass is 16.2. The molecule has 0 aliphatic carbocycles. The van der Waals surface area contributed by atoms with E-state index in [1.807, 2.05) is 49.3 Å². The maximum Gasteiger partial charge on any atom is 0.272 e. The van der Waals surface area contributed by atoms with Crippen molar-refractivity contribution in [1.29, 1.82) is 0 Å². The summed E-state index contributed by atoms with van der Waals surface area (Å²) >= 11 is 0. The molecule has 21 heavy (non-hydrogen) atoms. The lowest BCUT2D eigenvalue weighted by molar-refractivity contribution is 0.0726. The Kier molecular flexibility index (Phi) is 4.94. The van der Waals surface area contributed by atoms with Gasteiger partial charge in [0.05, 0.1) is 0 Å². The molecule has 2 rings (SSSR count). The smallest absolute Gasteiger partial charge is 0.272 e. The average molecular weight is 287 g/mol. The van der Waals surface area contributed by atoms with Crippen LogP contribution >= 0.6 is 0 Å². The molecular weight excluding hydrogens is 266 g/mol. The number of carbonyl (C=O) groups is 1. The van der Waals surface area contributed by atoms with E-state index in [1.165, 1.54) is 0 Å². The van der Waals surface area contributed by atoms with E-state index in [2.05, 4.69) is 10.2 Å². The van der Waals surface area contributed by atoms with Crippen molar-refractivity contribution < 1.29 is 4.79 Å². The Bertz CT molecular complexity index is 579. The third-order valence-electron chi connectivity index (χ3n) is 3.15. The van der Waals surface area contributed by atoms with Crippen LogP contribution in [0.15, 0.2) is 36.4 Å². The zero-order valence-electron chi connectivity index (χ0n) is 12.4. The van der Waals surface area contributed by atoms with Crippen LogP contribution < -0.4 is 5.73 Å². The number of hydrogen-bond acceptors (Lipinski definition) is 4. The first-order chi connectivity index (χ1) is 10.1. The fourth-order valence-corrected chi connectivity index (χ4v) is 1.99. The predicted octanol–water partition coefficient (Wildman–Crippen LogP) is 1.20. The second kappa shape index (κ2) is 6.90. The Morgan fingerprint density at radius 1 is 1.24 bits per heavy atom. The third kappa shape index (κ3) is 4.32. The molecule has 0 spiro atoms. The summed E-state index contributed by atoms with van der Waals surface area (Å²) in [6, 6.07) is 11.5. The van der Waals surface area contributed by atoms with Gasteiger partial charge in [0, 0.05) is 25.7 Å². The van der Waals surface area contributed by atoms with Crippen LogP contribution in [0, 0.1) is 0 Å². The molecule has 0 aliphatic heterocycles. The van der Waals surface area contributed by atoms with Gasteiger partial charge in [-0.25, -0.2) is 0 Å². The molecule has 0 unspecified atom stereocenters. The van der Waals surface area contributed by atoms with Crippen LogP contribution in [0.5, 0.6) is 0 Å². The first-order valence-electron chi connectivity index (χ1n) is 6.85. The minimum atomic E-state index is -0.0927. The number of hydrogen-bond donors (Lipinski definition) is 2. The monoisotopic (exact) mass is 287 g/mol. The molecule has 0 fully saturated rings. The number of aromatic amines is 1. The molecule has 2 aromatic rings. The van der Waals surface area contributed by atoms with Gasteiger partial charge in [0.15, 0.2) is 0 Å². The quantitative estimate of drug-likeness (QED) is 0.836. The van der Waals surface area contributed by atoms with Gasteiger partial charge in [-0.2, -0.15) is 5.10 Å². The van der Waals surface area contributed by atoms with E-state index in [4.69, 9.17) is 5.73 Å². The lowest BCUT2D eigenvalue weighted by atomic mass is 10.2. The third-order valence-corrected chi connectivity index (χ3v) is 3.15.